The monoisotopic (exact) mass is 214 g/mol. The van der Waals surface area contributed by atoms with Crippen LogP contribution in [-0.2, 0) is 0 Å². The molecule has 0 spiro atoms. The fourth-order valence-electron chi connectivity index (χ4n) is 1.15. The summed E-state index contributed by atoms with van der Waals surface area (Å²) in [5.74, 6) is 0. The highest BCUT2D eigenvalue weighted by Gasteiger charge is 2.01. The summed E-state index contributed by atoms with van der Waals surface area (Å²) >= 11 is 0. The summed E-state index contributed by atoms with van der Waals surface area (Å²) in [6, 6.07) is 9.62. The number of halogens is 1. The van der Waals surface area contributed by atoms with E-state index in [1.807, 2.05) is 30.3 Å². The Morgan fingerprint density at radius 3 is 2.43 bits per heavy atom. The van der Waals surface area contributed by atoms with Crippen LogP contribution in [0.4, 0.5) is 0 Å². The standard InChI is InChI=1S/C10H14N2O.ClH/c11-8-4-7-10(12-13)9-5-2-1-3-6-9;/h1-3,5-6,13H,4,7-8,11H2;1H/b12-10+;. The van der Waals surface area contributed by atoms with Gasteiger partial charge in [0.2, 0.25) is 0 Å². The number of oxime groups is 1. The van der Waals surface area contributed by atoms with E-state index in [0.29, 0.717) is 12.3 Å². The van der Waals surface area contributed by atoms with Crippen LogP contribution in [0, 0.1) is 0 Å². The second kappa shape index (κ2) is 7.35. The van der Waals surface area contributed by atoms with Crippen LogP contribution in [0.3, 0.4) is 0 Å². The van der Waals surface area contributed by atoms with Gasteiger partial charge >= 0.3 is 0 Å². The first-order valence-corrected chi connectivity index (χ1v) is 4.35. The van der Waals surface area contributed by atoms with Gasteiger partial charge < -0.3 is 10.9 Å². The van der Waals surface area contributed by atoms with E-state index in [0.717, 1.165) is 18.4 Å². The van der Waals surface area contributed by atoms with Crippen LogP contribution in [0.15, 0.2) is 35.5 Å². The first-order chi connectivity index (χ1) is 6.38. The van der Waals surface area contributed by atoms with Gasteiger partial charge in [-0.05, 0) is 24.9 Å². The van der Waals surface area contributed by atoms with Crippen molar-refractivity contribution < 1.29 is 5.21 Å². The average Bonchev–Trinajstić information content (AvgIpc) is 2.21. The van der Waals surface area contributed by atoms with Crippen molar-refractivity contribution in [3.63, 3.8) is 0 Å². The van der Waals surface area contributed by atoms with Gasteiger partial charge in [0.25, 0.3) is 0 Å². The van der Waals surface area contributed by atoms with Crippen molar-refractivity contribution in [3.05, 3.63) is 35.9 Å². The van der Waals surface area contributed by atoms with Gasteiger partial charge in [0, 0.05) is 0 Å². The van der Waals surface area contributed by atoms with Crippen LogP contribution < -0.4 is 5.73 Å². The van der Waals surface area contributed by atoms with E-state index in [9.17, 15) is 0 Å². The van der Waals surface area contributed by atoms with Gasteiger partial charge in [-0.1, -0.05) is 35.5 Å². The Bertz CT molecular complexity index is 275. The molecular weight excluding hydrogens is 200 g/mol. The fourth-order valence-corrected chi connectivity index (χ4v) is 1.15. The van der Waals surface area contributed by atoms with Gasteiger partial charge in [-0.3, -0.25) is 0 Å². The molecule has 3 N–H and O–H groups in total. The number of nitrogens with zero attached hydrogens (tertiary/aromatic N) is 1. The molecule has 14 heavy (non-hydrogen) atoms. The van der Waals surface area contributed by atoms with Crippen LogP contribution in [0.25, 0.3) is 0 Å². The van der Waals surface area contributed by atoms with Gasteiger partial charge in [0.1, 0.15) is 0 Å². The quantitative estimate of drug-likeness (QED) is 0.458. The molecule has 0 saturated carbocycles. The minimum Gasteiger partial charge on any atom is -0.411 e. The van der Waals surface area contributed by atoms with Crippen molar-refractivity contribution >= 4 is 18.1 Å². The van der Waals surface area contributed by atoms with Gasteiger partial charge in [0.15, 0.2) is 0 Å². The zero-order valence-electron chi connectivity index (χ0n) is 7.89. The number of benzene rings is 1. The molecule has 0 bridgehead atoms. The van der Waals surface area contributed by atoms with E-state index in [1.165, 1.54) is 0 Å². The SMILES string of the molecule is Cl.NCCC/C(=N\O)c1ccccc1. The minimum absolute atomic E-state index is 0. The van der Waals surface area contributed by atoms with Crippen molar-refractivity contribution in [1.29, 1.82) is 0 Å². The number of hydrogen-bond donors (Lipinski definition) is 2. The maximum Gasteiger partial charge on any atom is 0.0868 e. The van der Waals surface area contributed by atoms with Gasteiger partial charge in [-0.15, -0.1) is 12.4 Å². The molecular formula is C10H15ClN2O. The van der Waals surface area contributed by atoms with Crippen LogP contribution >= 0.6 is 12.4 Å². The third kappa shape index (κ3) is 3.77. The molecule has 0 aliphatic rings. The van der Waals surface area contributed by atoms with Gasteiger partial charge in [0.05, 0.1) is 5.71 Å². The lowest BCUT2D eigenvalue weighted by atomic mass is 10.1. The molecule has 78 valence electrons. The Morgan fingerprint density at radius 2 is 1.93 bits per heavy atom. The normalized spacial score (nSPS) is 10.8. The van der Waals surface area contributed by atoms with Crippen molar-refractivity contribution in [3.8, 4) is 0 Å². The molecule has 0 unspecified atom stereocenters. The molecule has 0 amide bonds. The van der Waals surface area contributed by atoms with Crippen LogP contribution in [0.2, 0.25) is 0 Å². The van der Waals surface area contributed by atoms with Gasteiger partial charge in [-0.2, -0.15) is 0 Å². The molecule has 4 heteroatoms. The molecule has 1 rings (SSSR count). The Hall–Kier alpha value is -1.06. The van der Waals surface area contributed by atoms with E-state index in [-0.39, 0.29) is 12.4 Å². The lowest BCUT2D eigenvalue weighted by Crippen LogP contribution is -2.05. The zero-order chi connectivity index (χ0) is 9.52. The van der Waals surface area contributed by atoms with Crippen molar-refractivity contribution in [1.82, 2.24) is 0 Å². The largest absolute Gasteiger partial charge is 0.411 e. The summed E-state index contributed by atoms with van der Waals surface area (Å²) < 4.78 is 0. The third-order valence-electron chi connectivity index (χ3n) is 1.85. The Labute approximate surface area is 90.0 Å². The summed E-state index contributed by atoms with van der Waals surface area (Å²) in [5.41, 5.74) is 7.03. The predicted molar refractivity (Wildman–Crippen MR) is 60.3 cm³/mol. The summed E-state index contributed by atoms with van der Waals surface area (Å²) in [6.07, 6.45) is 1.56. The van der Waals surface area contributed by atoms with Crippen LogP contribution in [-0.4, -0.2) is 17.5 Å². The van der Waals surface area contributed by atoms with Crippen molar-refractivity contribution in [2.24, 2.45) is 10.9 Å². The maximum atomic E-state index is 8.75. The molecule has 0 saturated heterocycles. The lowest BCUT2D eigenvalue weighted by Gasteiger charge is -2.02. The summed E-state index contributed by atoms with van der Waals surface area (Å²) in [7, 11) is 0. The van der Waals surface area contributed by atoms with Gasteiger partial charge in [-0.25, -0.2) is 0 Å². The van der Waals surface area contributed by atoms with Crippen molar-refractivity contribution in [2.75, 3.05) is 6.54 Å². The minimum atomic E-state index is 0. The lowest BCUT2D eigenvalue weighted by molar-refractivity contribution is 0.318. The smallest absolute Gasteiger partial charge is 0.0868 e. The Morgan fingerprint density at radius 1 is 1.29 bits per heavy atom. The number of rotatable bonds is 4. The average molecular weight is 215 g/mol. The fraction of sp³-hybridized carbons (Fsp3) is 0.300. The van der Waals surface area contributed by atoms with Crippen LogP contribution in [0.5, 0.6) is 0 Å². The summed E-state index contributed by atoms with van der Waals surface area (Å²) in [4.78, 5) is 0. The first kappa shape index (κ1) is 12.9. The Kier molecular flexibility index (Phi) is 6.80. The molecule has 0 radical (unpaired) electrons. The zero-order valence-corrected chi connectivity index (χ0v) is 8.70. The van der Waals surface area contributed by atoms with Crippen LogP contribution in [0.1, 0.15) is 18.4 Å². The predicted octanol–water partition coefficient (Wildman–Crippen LogP) is 2.03. The molecule has 0 aliphatic heterocycles. The van der Waals surface area contributed by atoms with E-state index in [2.05, 4.69) is 5.16 Å². The molecule has 0 aromatic heterocycles. The first-order valence-electron chi connectivity index (χ1n) is 4.35. The summed E-state index contributed by atoms with van der Waals surface area (Å²) in [6.45, 7) is 0.617. The highest BCUT2D eigenvalue weighted by Crippen LogP contribution is 2.05. The Balaban J connectivity index is 0.00000169. The van der Waals surface area contributed by atoms with E-state index >= 15 is 0 Å². The molecule has 0 heterocycles. The van der Waals surface area contributed by atoms with E-state index < -0.39 is 0 Å². The molecule has 1 aromatic rings. The number of hydrogen-bond acceptors (Lipinski definition) is 3. The van der Waals surface area contributed by atoms with E-state index in [1.54, 1.807) is 0 Å². The maximum absolute atomic E-state index is 8.75. The third-order valence-corrected chi connectivity index (χ3v) is 1.85. The second-order valence-corrected chi connectivity index (χ2v) is 2.80. The summed E-state index contributed by atoms with van der Waals surface area (Å²) in [5, 5.41) is 12.0. The second-order valence-electron chi connectivity index (χ2n) is 2.80. The molecule has 0 atom stereocenters. The number of nitrogens with two attached hydrogens (primary N) is 1. The highest BCUT2D eigenvalue weighted by molar-refractivity contribution is 6.00. The molecule has 1 aromatic carbocycles. The van der Waals surface area contributed by atoms with Crippen molar-refractivity contribution in [2.45, 2.75) is 12.8 Å². The topological polar surface area (TPSA) is 58.6 Å². The molecule has 3 nitrogen and oxygen atoms in total. The molecule has 0 fully saturated rings. The molecule has 0 aliphatic carbocycles. The highest BCUT2D eigenvalue weighted by atomic mass is 35.5. The van der Waals surface area contributed by atoms with E-state index in [4.69, 9.17) is 10.9 Å².